The molecule has 1 amide bonds. The molecule has 0 aliphatic carbocycles. The fourth-order valence-electron chi connectivity index (χ4n) is 2.26. The first-order valence-electron chi connectivity index (χ1n) is 8.40. The summed E-state index contributed by atoms with van der Waals surface area (Å²) >= 11 is 13.7. The van der Waals surface area contributed by atoms with Gasteiger partial charge in [-0.1, -0.05) is 35.3 Å². The molecule has 0 saturated heterocycles. The predicted molar refractivity (Wildman–Crippen MR) is 112 cm³/mol. The van der Waals surface area contributed by atoms with Gasteiger partial charge in [-0.15, -0.1) is 0 Å². The Hall–Kier alpha value is -1.36. The van der Waals surface area contributed by atoms with E-state index in [4.69, 9.17) is 27.9 Å². The van der Waals surface area contributed by atoms with Gasteiger partial charge in [0.1, 0.15) is 5.75 Å². The average Bonchev–Trinajstić information content (AvgIpc) is 2.59. The molecule has 2 aromatic carbocycles. The first kappa shape index (κ1) is 20.9. The van der Waals surface area contributed by atoms with Gasteiger partial charge in [-0.2, -0.15) is 11.8 Å². The van der Waals surface area contributed by atoms with Crippen LogP contribution >= 0.6 is 35.0 Å². The molecule has 2 rings (SSSR count). The zero-order valence-electron chi connectivity index (χ0n) is 15.1. The van der Waals surface area contributed by atoms with Gasteiger partial charge in [0.05, 0.1) is 0 Å². The molecule has 26 heavy (non-hydrogen) atoms. The fourth-order valence-corrected chi connectivity index (χ4v) is 3.67. The Balaban J connectivity index is 1.70. The fraction of sp³-hybridized carbons (Fsp3) is 0.350. The summed E-state index contributed by atoms with van der Waals surface area (Å²) in [5, 5.41) is 4.20. The standard InChI is InChI=1S/C20H23Cl2NO2S/c1-13-4-7-18(10-14(13)2)25-15(3)20(24)23-8-9-26-12-16-5-6-17(21)11-19(16)22/h4-7,10-11,15H,8-9,12H2,1-3H3,(H,23,24)/t15-/m0/s1. The van der Waals surface area contributed by atoms with E-state index in [9.17, 15) is 4.79 Å². The molecule has 0 aliphatic heterocycles. The summed E-state index contributed by atoms with van der Waals surface area (Å²) in [5.74, 6) is 2.16. The lowest BCUT2D eigenvalue weighted by molar-refractivity contribution is -0.127. The second-order valence-electron chi connectivity index (χ2n) is 6.09. The van der Waals surface area contributed by atoms with Gasteiger partial charge in [-0.25, -0.2) is 0 Å². The number of rotatable bonds is 8. The Morgan fingerprint density at radius 3 is 2.62 bits per heavy atom. The van der Waals surface area contributed by atoms with Crippen LogP contribution in [-0.2, 0) is 10.5 Å². The van der Waals surface area contributed by atoms with E-state index in [1.165, 1.54) is 5.56 Å². The number of carbonyl (C=O) groups excluding carboxylic acids is 1. The lowest BCUT2D eigenvalue weighted by Gasteiger charge is -2.15. The molecule has 0 heterocycles. The van der Waals surface area contributed by atoms with Crippen molar-refractivity contribution in [1.29, 1.82) is 0 Å². The van der Waals surface area contributed by atoms with Gasteiger partial charge in [-0.3, -0.25) is 4.79 Å². The van der Waals surface area contributed by atoms with E-state index >= 15 is 0 Å². The van der Waals surface area contributed by atoms with Crippen LogP contribution in [0.1, 0.15) is 23.6 Å². The minimum atomic E-state index is -0.534. The number of nitrogens with one attached hydrogen (secondary N) is 1. The molecule has 2 aromatic rings. The highest BCUT2D eigenvalue weighted by atomic mass is 35.5. The van der Waals surface area contributed by atoms with E-state index in [2.05, 4.69) is 5.32 Å². The Morgan fingerprint density at radius 2 is 1.92 bits per heavy atom. The molecule has 1 N–H and O–H groups in total. The molecule has 0 bridgehead atoms. The highest BCUT2D eigenvalue weighted by Crippen LogP contribution is 2.24. The summed E-state index contributed by atoms with van der Waals surface area (Å²) in [6.45, 7) is 6.40. The molecule has 6 heteroatoms. The Kier molecular flexibility index (Phi) is 8.14. The summed E-state index contributed by atoms with van der Waals surface area (Å²) in [7, 11) is 0. The summed E-state index contributed by atoms with van der Waals surface area (Å²) in [5.41, 5.74) is 3.39. The zero-order valence-corrected chi connectivity index (χ0v) is 17.5. The van der Waals surface area contributed by atoms with Crippen LogP contribution in [0.2, 0.25) is 10.0 Å². The summed E-state index contributed by atoms with van der Waals surface area (Å²) < 4.78 is 5.72. The topological polar surface area (TPSA) is 38.3 Å². The molecular formula is C20H23Cl2NO2S. The summed E-state index contributed by atoms with van der Waals surface area (Å²) in [6, 6.07) is 11.3. The van der Waals surface area contributed by atoms with E-state index in [0.717, 1.165) is 22.6 Å². The van der Waals surface area contributed by atoms with Gasteiger partial charge in [0.2, 0.25) is 0 Å². The monoisotopic (exact) mass is 411 g/mol. The van der Waals surface area contributed by atoms with Crippen molar-refractivity contribution in [3.8, 4) is 5.75 Å². The van der Waals surface area contributed by atoms with Crippen molar-refractivity contribution >= 4 is 40.9 Å². The number of halogens is 2. The van der Waals surface area contributed by atoms with E-state index in [-0.39, 0.29) is 5.91 Å². The number of ether oxygens (including phenoxy) is 1. The van der Waals surface area contributed by atoms with Gasteiger partial charge in [-0.05, 0) is 61.7 Å². The number of hydrogen-bond donors (Lipinski definition) is 1. The average molecular weight is 412 g/mol. The predicted octanol–water partition coefficient (Wildman–Crippen LogP) is 5.43. The molecular weight excluding hydrogens is 389 g/mol. The highest BCUT2D eigenvalue weighted by Gasteiger charge is 2.14. The van der Waals surface area contributed by atoms with Crippen LogP contribution in [0.3, 0.4) is 0 Å². The maximum Gasteiger partial charge on any atom is 0.260 e. The maximum absolute atomic E-state index is 12.1. The van der Waals surface area contributed by atoms with E-state index < -0.39 is 6.10 Å². The van der Waals surface area contributed by atoms with E-state index in [0.29, 0.717) is 22.3 Å². The number of carbonyl (C=O) groups is 1. The zero-order chi connectivity index (χ0) is 19.1. The van der Waals surface area contributed by atoms with Crippen LogP contribution in [0.25, 0.3) is 0 Å². The van der Waals surface area contributed by atoms with E-state index in [1.807, 2.05) is 44.2 Å². The first-order chi connectivity index (χ1) is 12.4. The second-order valence-corrected chi connectivity index (χ2v) is 8.03. The Bertz CT molecular complexity index is 767. The Morgan fingerprint density at radius 1 is 1.15 bits per heavy atom. The number of thioether (sulfide) groups is 1. The van der Waals surface area contributed by atoms with Crippen LogP contribution in [0, 0.1) is 13.8 Å². The van der Waals surface area contributed by atoms with Crippen molar-refractivity contribution in [3.63, 3.8) is 0 Å². The molecule has 3 nitrogen and oxygen atoms in total. The third-order valence-corrected chi connectivity index (χ3v) is 5.57. The van der Waals surface area contributed by atoms with Crippen molar-refractivity contribution in [2.75, 3.05) is 12.3 Å². The van der Waals surface area contributed by atoms with Crippen LogP contribution in [0.5, 0.6) is 5.75 Å². The number of benzene rings is 2. The molecule has 1 atom stereocenters. The molecule has 0 saturated carbocycles. The quantitative estimate of drug-likeness (QED) is 0.588. The smallest absolute Gasteiger partial charge is 0.260 e. The van der Waals surface area contributed by atoms with Gasteiger partial charge >= 0.3 is 0 Å². The van der Waals surface area contributed by atoms with Crippen LogP contribution in [-0.4, -0.2) is 24.3 Å². The van der Waals surface area contributed by atoms with Crippen molar-refractivity contribution in [3.05, 3.63) is 63.1 Å². The minimum absolute atomic E-state index is 0.117. The SMILES string of the molecule is Cc1ccc(O[C@@H](C)C(=O)NCCSCc2ccc(Cl)cc2Cl)cc1C. The largest absolute Gasteiger partial charge is 0.481 e. The molecule has 0 unspecified atom stereocenters. The molecule has 140 valence electrons. The van der Waals surface area contributed by atoms with Gasteiger partial charge in [0.15, 0.2) is 6.10 Å². The minimum Gasteiger partial charge on any atom is -0.481 e. The lowest BCUT2D eigenvalue weighted by atomic mass is 10.1. The third-order valence-electron chi connectivity index (χ3n) is 3.98. The van der Waals surface area contributed by atoms with E-state index in [1.54, 1.807) is 24.8 Å². The highest BCUT2D eigenvalue weighted by molar-refractivity contribution is 7.98. The van der Waals surface area contributed by atoms with Crippen LogP contribution in [0.15, 0.2) is 36.4 Å². The van der Waals surface area contributed by atoms with Crippen molar-refractivity contribution in [2.24, 2.45) is 0 Å². The molecule has 0 spiro atoms. The third kappa shape index (κ3) is 6.42. The van der Waals surface area contributed by atoms with Gasteiger partial charge in [0, 0.05) is 28.1 Å². The molecule has 0 radical (unpaired) electrons. The number of aryl methyl sites for hydroxylation is 2. The number of amides is 1. The van der Waals surface area contributed by atoms with Crippen molar-refractivity contribution in [1.82, 2.24) is 5.32 Å². The summed E-state index contributed by atoms with van der Waals surface area (Å²) in [4.78, 5) is 12.1. The Labute approximate surface area is 169 Å². The van der Waals surface area contributed by atoms with Crippen molar-refractivity contribution < 1.29 is 9.53 Å². The lowest BCUT2D eigenvalue weighted by Crippen LogP contribution is -2.37. The van der Waals surface area contributed by atoms with Crippen LogP contribution in [0.4, 0.5) is 0 Å². The first-order valence-corrected chi connectivity index (χ1v) is 10.3. The van der Waals surface area contributed by atoms with Gasteiger partial charge in [0.25, 0.3) is 5.91 Å². The molecule has 0 fully saturated rings. The van der Waals surface area contributed by atoms with Crippen LogP contribution < -0.4 is 10.1 Å². The maximum atomic E-state index is 12.1. The van der Waals surface area contributed by atoms with Gasteiger partial charge < -0.3 is 10.1 Å². The second kappa shape index (κ2) is 10.1. The normalized spacial score (nSPS) is 11.9. The molecule has 0 aromatic heterocycles. The molecule has 0 aliphatic rings. The number of hydrogen-bond acceptors (Lipinski definition) is 3. The van der Waals surface area contributed by atoms with Crippen molar-refractivity contribution in [2.45, 2.75) is 32.6 Å². The summed E-state index contributed by atoms with van der Waals surface area (Å²) in [6.07, 6.45) is -0.534.